The second-order valence-electron chi connectivity index (χ2n) is 13.2. The van der Waals surface area contributed by atoms with Crippen LogP contribution in [0.4, 0.5) is 37.2 Å². The van der Waals surface area contributed by atoms with Crippen LogP contribution in [-0.2, 0) is 11.0 Å². The highest BCUT2D eigenvalue weighted by molar-refractivity contribution is 7.23. The Morgan fingerprint density at radius 2 is 2.00 bits per heavy atom. The maximum atomic E-state index is 17.0. The van der Waals surface area contributed by atoms with E-state index in [1.165, 1.54) is 6.92 Å². The zero-order valence-corrected chi connectivity index (χ0v) is 26.9. The highest BCUT2D eigenvalue weighted by Gasteiger charge is 2.52. The second-order valence-corrected chi connectivity index (χ2v) is 14.3. The lowest BCUT2D eigenvalue weighted by Gasteiger charge is -2.35. The van der Waals surface area contributed by atoms with Crippen molar-refractivity contribution in [2.24, 2.45) is 0 Å². The summed E-state index contributed by atoms with van der Waals surface area (Å²) in [5.41, 5.74) is 1.95. The lowest BCUT2D eigenvalue weighted by Crippen LogP contribution is -2.48. The number of nitrogens with zero attached hydrogens (tertiary/aromatic N) is 6. The van der Waals surface area contributed by atoms with Gasteiger partial charge in [0.1, 0.15) is 41.0 Å². The number of nitriles is 1. The van der Waals surface area contributed by atoms with Gasteiger partial charge in [-0.05, 0) is 43.5 Å². The maximum absolute atomic E-state index is 17.0. The van der Waals surface area contributed by atoms with Crippen LogP contribution in [0.3, 0.4) is 0 Å². The van der Waals surface area contributed by atoms with Gasteiger partial charge in [0.15, 0.2) is 5.82 Å². The number of rotatable bonds is 5. The van der Waals surface area contributed by atoms with Gasteiger partial charge in [-0.15, -0.1) is 11.3 Å². The van der Waals surface area contributed by atoms with Crippen LogP contribution >= 0.6 is 11.3 Å². The van der Waals surface area contributed by atoms with Crippen LogP contribution in [0.15, 0.2) is 18.2 Å². The number of nitrogen functional groups attached to an aromatic ring is 1. The molecule has 8 rings (SSSR count). The minimum atomic E-state index is -5.10. The Kier molecular flexibility index (Phi) is 7.21. The number of ether oxygens (including phenoxy) is 1. The zero-order valence-electron chi connectivity index (χ0n) is 26.1. The smallest absolute Gasteiger partial charge is 0.417 e. The largest absolute Gasteiger partial charge is 0.461 e. The van der Waals surface area contributed by atoms with E-state index in [-0.39, 0.29) is 94.1 Å². The van der Waals surface area contributed by atoms with E-state index in [9.17, 15) is 32.0 Å². The first-order valence-electron chi connectivity index (χ1n) is 15.9. The van der Waals surface area contributed by atoms with E-state index in [1.54, 1.807) is 9.80 Å². The Morgan fingerprint density at radius 3 is 2.73 bits per heavy atom. The van der Waals surface area contributed by atoms with Crippen molar-refractivity contribution in [1.29, 1.82) is 5.26 Å². The number of amides is 1. The van der Waals surface area contributed by atoms with Crippen molar-refractivity contribution in [2.45, 2.75) is 62.6 Å². The summed E-state index contributed by atoms with van der Waals surface area (Å²) in [6.07, 6.45) is -3.84. The third-order valence-corrected chi connectivity index (χ3v) is 11.4. The van der Waals surface area contributed by atoms with Gasteiger partial charge in [-0.1, -0.05) is 6.07 Å². The number of alkyl halides is 4. The summed E-state index contributed by atoms with van der Waals surface area (Å²) in [6.45, 7) is 2.90. The molecule has 4 atom stereocenters. The predicted octanol–water partition coefficient (Wildman–Crippen LogP) is 6.03. The van der Waals surface area contributed by atoms with Gasteiger partial charge in [0.2, 0.25) is 5.91 Å². The van der Waals surface area contributed by atoms with Crippen molar-refractivity contribution in [3.05, 3.63) is 41.0 Å². The van der Waals surface area contributed by atoms with Crippen LogP contribution in [-0.4, -0.2) is 82.3 Å². The lowest BCUT2D eigenvalue weighted by atomic mass is 9.92. The number of nitrogens with two attached hydrogens (primary N) is 1. The molecule has 4 fully saturated rings. The molecule has 3 aliphatic heterocycles. The van der Waals surface area contributed by atoms with Gasteiger partial charge in [0.25, 0.3) is 0 Å². The highest BCUT2D eigenvalue weighted by atomic mass is 32.1. The first kappa shape index (κ1) is 31.9. The maximum Gasteiger partial charge on any atom is 0.417 e. The van der Waals surface area contributed by atoms with E-state index in [4.69, 9.17) is 10.5 Å². The Labute approximate surface area is 279 Å². The number of carbonyl (C=O) groups is 1. The molecule has 1 saturated carbocycles. The number of anilines is 2. The quantitative estimate of drug-likeness (QED) is 0.252. The molecule has 3 saturated heterocycles. The van der Waals surface area contributed by atoms with Crippen molar-refractivity contribution >= 4 is 49.1 Å². The summed E-state index contributed by atoms with van der Waals surface area (Å²) in [6, 6.07) is 3.77. The summed E-state index contributed by atoms with van der Waals surface area (Å²) in [7, 11) is 0. The summed E-state index contributed by atoms with van der Waals surface area (Å²) in [5, 5.41) is 9.23. The highest BCUT2D eigenvalue weighted by Crippen LogP contribution is 2.49. The first-order chi connectivity index (χ1) is 23.3. The Hall–Kier alpha value is -4.36. The average molecular weight is 702 g/mol. The molecule has 49 heavy (non-hydrogen) atoms. The molecule has 0 spiro atoms. The minimum absolute atomic E-state index is 0.00403. The number of hydrogen-bond donors (Lipinski definition) is 1. The number of fused-ring (bicyclic) bond motifs is 4. The Balaban J connectivity index is 1.34. The van der Waals surface area contributed by atoms with E-state index >= 15 is 4.39 Å². The molecular formula is C33H29F6N7O2S. The summed E-state index contributed by atoms with van der Waals surface area (Å²) in [5.74, 6) is -2.29. The van der Waals surface area contributed by atoms with Gasteiger partial charge in [0.05, 0.1) is 33.4 Å². The van der Waals surface area contributed by atoms with Crippen molar-refractivity contribution < 1.29 is 35.9 Å². The van der Waals surface area contributed by atoms with Gasteiger partial charge < -0.3 is 20.3 Å². The van der Waals surface area contributed by atoms with Gasteiger partial charge in [-0.25, -0.2) is 13.2 Å². The van der Waals surface area contributed by atoms with E-state index in [2.05, 4.69) is 9.97 Å². The van der Waals surface area contributed by atoms with E-state index in [0.29, 0.717) is 30.7 Å². The minimum Gasteiger partial charge on any atom is -0.461 e. The summed E-state index contributed by atoms with van der Waals surface area (Å²) in [4.78, 5) is 26.6. The molecule has 4 aromatic rings. The van der Waals surface area contributed by atoms with Crippen LogP contribution < -0.4 is 15.4 Å². The standard InChI is InChI=1S/C33H29F6N7O2S/c1-15(47)45-7-8-46(23-10-22(23)45)30-18-9-20(33(37,38)39)25(17-3-4-21(35)28-24(17)19(12-40)29(41)49-28)26(36)27(18)42-31(43-30)48-14-32-5-2-6-44(32)13-16(34)11-32/h3-4,9,16,22-23H,2,5-8,10-11,13-14,41H2,1H3/t16-,22?,23?,32+/m1/s1. The molecule has 4 aliphatic rings. The number of piperazine rings is 1. The molecule has 256 valence electrons. The Bertz CT molecular complexity index is 2100. The SMILES string of the molecule is CC(=O)N1CCN(c2nc(OC[C@@]34CCCN3C[C@H](F)C4)nc3c(F)c(-c4ccc(F)c5sc(N)c(C#N)c45)c(C(F)(F)F)cc23)C2CC21. The van der Waals surface area contributed by atoms with Gasteiger partial charge in [0, 0.05) is 49.3 Å². The molecule has 1 aliphatic carbocycles. The van der Waals surface area contributed by atoms with Crippen LogP contribution in [0, 0.1) is 23.0 Å². The Morgan fingerprint density at radius 1 is 1.20 bits per heavy atom. The summed E-state index contributed by atoms with van der Waals surface area (Å²) < 4.78 is 97.2. The number of aromatic nitrogens is 2. The topological polar surface area (TPSA) is 112 Å². The zero-order chi connectivity index (χ0) is 34.6. The molecule has 2 N–H and O–H groups in total. The normalized spacial score (nSPS) is 25.1. The predicted molar refractivity (Wildman–Crippen MR) is 170 cm³/mol. The summed E-state index contributed by atoms with van der Waals surface area (Å²) >= 11 is 0.684. The number of benzene rings is 2. The number of hydrogen-bond acceptors (Lipinski definition) is 9. The van der Waals surface area contributed by atoms with Gasteiger partial charge in [-0.2, -0.15) is 28.4 Å². The van der Waals surface area contributed by atoms with E-state index < -0.39 is 46.2 Å². The third-order valence-electron chi connectivity index (χ3n) is 10.4. The molecular weight excluding hydrogens is 672 g/mol. The average Bonchev–Trinajstić information content (AvgIpc) is 3.51. The molecule has 0 bridgehead atoms. The fourth-order valence-electron chi connectivity index (χ4n) is 8.16. The number of thiophene rings is 1. The number of carbonyl (C=O) groups excluding carboxylic acids is 1. The first-order valence-corrected chi connectivity index (χ1v) is 16.7. The fraction of sp³-hybridized carbons (Fsp3) is 0.455. The lowest BCUT2D eigenvalue weighted by molar-refractivity contribution is -0.137. The van der Waals surface area contributed by atoms with Crippen LogP contribution in [0.5, 0.6) is 6.01 Å². The third kappa shape index (κ3) is 4.95. The molecule has 9 nitrogen and oxygen atoms in total. The van der Waals surface area contributed by atoms with Gasteiger partial charge >= 0.3 is 12.2 Å². The molecule has 0 radical (unpaired) electrons. The monoisotopic (exact) mass is 701 g/mol. The van der Waals surface area contributed by atoms with Crippen molar-refractivity contribution in [1.82, 2.24) is 19.8 Å². The van der Waals surface area contributed by atoms with E-state index in [1.807, 2.05) is 11.0 Å². The van der Waals surface area contributed by atoms with Gasteiger partial charge in [-0.3, -0.25) is 9.69 Å². The molecule has 5 heterocycles. The van der Waals surface area contributed by atoms with Crippen molar-refractivity contribution in [2.75, 3.05) is 43.4 Å². The van der Waals surface area contributed by atoms with E-state index in [0.717, 1.165) is 24.6 Å². The molecule has 2 aromatic heterocycles. The van der Waals surface area contributed by atoms with Crippen molar-refractivity contribution in [3.63, 3.8) is 0 Å². The number of halogens is 6. The molecule has 1 amide bonds. The fourth-order valence-corrected chi connectivity index (χ4v) is 9.11. The molecule has 2 unspecified atom stereocenters. The second kappa shape index (κ2) is 11.1. The molecule has 16 heteroatoms. The van der Waals surface area contributed by atoms with Crippen molar-refractivity contribution in [3.8, 4) is 23.2 Å². The molecule has 2 aromatic carbocycles. The van der Waals surface area contributed by atoms with Crippen LogP contribution in [0.25, 0.3) is 32.1 Å². The van der Waals surface area contributed by atoms with Crippen LogP contribution in [0.2, 0.25) is 0 Å². The van der Waals surface area contributed by atoms with Crippen LogP contribution in [0.1, 0.15) is 43.7 Å².